The second-order valence-corrected chi connectivity index (χ2v) is 6.09. The van der Waals surface area contributed by atoms with Crippen molar-refractivity contribution >= 4 is 44.1 Å². The number of carbonyl (C=O) groups is 1. The number of hydrogen-bond donors (Lipinski definition) is 3. The molecule has 1 unspecified atom stereocenters. The number of aliphatic carboxylic acids is 1. The molecule has 2 rings (SSSR count). The van der Waals surface area contributed by atoms with Crippen molar-refractivity contribution in [2.24, 2.45) is 5.73 Å². The molecule has 1 atom stereocenters. The first-order valence-corrected chi connectivity index (χ1v) is 7.53. The van der Waals surface area contributed by atoms with Crippen LogP contribution in [-0.4, -0.2) is 16.1 Å². The number of benzene rings is 1. The second kappa shape index (κ2) is 5.90. The molecule has 20 heavy (non-hydrogen) atoms. The molecule has 0 saturated carbocycles. The monoisotopic (exact) mass is 355 g/mol. The van der Waals surface area contributed by atoms with Crippen LogP contribution in [0.5, 0.6) is 0 Å². The number of nitrogens with two attached hydrogens (primary N) is 1. The van der Waals surface area contributed by atoms with Crippen molar-refractivity contribution in [3.05, 3.63) is 38.8 Å². The van der Waals surface area contributed by atoms with E-state index in [-0.39, 0.29) is 0 Å². The zero-order valence-electron chi connectivity index (χ0n) is 11.0. The van der Waals surface area contributed by atoms with E-state index in [1.54, 1.807) is 5.38 Å². The summed E-state index contributed by atoms with van der Waals surface area (Å²) in [7, 11) is 0. The topological polar surface area (TPSA) is 88.2 Å². The van der Waals surface area contributed by atoms with Crippen LogP contribution >= 0.6 is 27.3 Å². The average molecular weight is 356 g/mol. The maximum Gasteiger partial charge on any atom is 0.326 e. The fourth-order valence-corrected chi connectivity index (χ4v) is 2.75. The summed E-state index contributed by atoms with van der Waals surface area (Å²) in [6.07, 6.45) is 0. The first-order chi connectivity index (χ1) is 9.38. The van der Waals surface area contributed by atoms with Crippen LogP contribution in [0.1, 0.15) is 22.9 Å². The number of carboxylic acids is 1. The van der Waals surface area contributed by atoms with Crippen molar-refractivity contribution in [2.45, 2.75) is 19.9 Å². The number of carboxylic acid groups (broad SMARTS) is 1. The number of aromatic nitrogens is 1. The van der Waals surface area contributed by atoms with Gasteiger partial charge in [0.15, 0.2) is 5.13 Å². The quantitative estimate of drug-likeness (QED) is 0.782. The van der Waals surface area contributed by atoms with Gasteiger partial charge in [0.2, 0.25) is 0 Å². The van der Waals surface area contributed by atoms with Gasteiger partial charge < -0.3 is 16.2 Å². The largest absolute Gasteiger partial charge is 0.480 e. The van der Waals surface area contributed by atoms with E-state index in [2.05, 4.69) is 26.2 Å². The summed E-state index contributed by atoms with van der Waals surface area (Å²) in [6, 6.07) is 2.90. The molecule has 1 aromatic carbocycles. The van der Waals surface area contributed by atoms with Crippen LogP contribution < -0.4 is 11.1 Å². The fourth-order valence-electron chi connectivity index (χ4n) is 1.75. The molecule has 0 saturated heterocycles. The molecule has 0 aliphatic rings. The number of rotatable bonds is 4. The number of halogens is 1. The van der Waals surface area contributed by atoms with Crippen molar-refractivity contribution in [1.82, 2.24) is 4.98 Å². The van der Waals surface area contributed by atoms with E-state index in [1.807, 2.05) is 26.0 Å². The Hall–Kier alpha value is -1.44. The highest BCUT2D eigenvalue weighted by molar-refractivity contribution is 9.10. The third-order valence-electron chi connectivity index (χ3n) is 2.79. The minimum Gasteiger partial charge on any atom is -0.480 e. The summed E-state index contributed by atoms with van der Waals surface area (Å²) in [5.41, 5.74) is 9.02. The average Bonchev–Trinajstić information content (AvgIpc) is 2.83. The third-order valence-corrected chi connectivity index (χ3v) is 4.82. The van der Waals surface area contributed by atoms with Crippen LogP contribution in [0.15, 0.2) is 22.0 Å². The van der Waals surface area contributed by atoms with Gasteiger partial charge in [-0.25, -0.2) is 4.98 Å². The SMILES string of the molecule is Cc1cc(Nc2nc(C(N)C(=O)O)cs2)cc(C)c1Br. The number of anilines is 2. The van der Waals surface area contributed by atoms with Crippen molar-refractivity contribution in [1.29, 1.82) is 0 Å². The molecule has 0 bridgehead atoms. The molecule has 5 nitrogen and oxygen atoms in total. The van der Waals surface area contributed by atoms with Crippen LogP contribution in [0.3, 0.4) is 0 Å². The van der Waals surface area contributed by atoms with Gasteiger partial charge in [-0.15, -0.1) is 11.3 Å². The standard InChI is InChI=1S/C13H14BrN3O2S/c1-6-3-8(4-7(2)10(6)14)16-13-17-9(5-20-13)11(15)12(18)19/h3-5,11H,15H2,1-2H3,(H,16,17)(H,18,19). The number of nitrogens with one attached hydrogen (secondary N) is 1. The van der Waals surface area contributed by atoms with E-state index in [0.29, 0.717) is 10.8 Å². The minimum atomic E-state index is -1.09. The summed E-state index contributed by atoms with van der Waals surface area (Å²) in [5.74, 6) is -1.09. The highest BCUT2D eigenvalue weighted by atomic mass is 79.9. The molecule has 0 aliphatic heterocycles. The van der Waals surface area contributed by atoms with E-state index in [4.69, 9.17) is 10.8 Å². The molecule has 0 radical (unpaired) electrons. The lowest BCUT2D eigenvalue weighted by molar-refractivity contribution is -0.138. The van der Waals surface area contributed by atoms with E-state index in [0.717, 1.165) is 21.3 Å². The van der Waals surface area contributed by atoms with Crippen molar-refractivity contribution < 1.29 is 9.90 Å². The molecule has 106 valence electrons. The van der Waals surface area contributed by atoms with Crippen molar-refractivity contribution in [3.8, 4) is 0 Å². The zero-order valence-corrected chi connectivity index (χ0v) is 13.4. The predicted octanol–water partition coefficient (Wildman–Crippen LogP) is 3.35. The molecule has 1 aromatic heterocycles. The highest BCUT2D eigenvalue weighted by Crippen LogP contribution is 2.28. The van der Waals surface area contributed by atoms with Gasteiger partial charge in [-0.1, -0.05) is 15.9 Å². The van der Waals surface area contributed by atoms with Crippen molar-refractivity contribution in [3.63, 3.8) is 0 Å². The maximum atomic E-state index is 10.8. The van der Waals surface area contributed by atoms with Gasteiger partial charge >= 0.3 is 5.97 Å². The Morgan fingerprint density at radius 2 is 2.05 bits per heavy atom. The van der Waals surface area contributed by atoms with Crippen LogP contribution in [0, 0.1) is 13.8 Å². The highest BCUT2D eigenvalue weighted by Gasteiger charge is 2.17. The molecule has 1 heterocycles. The summed E-state index contributed by atoms with van der Waals surface area (Å²) >= 11 is 4.84. The molecule has 7 heteroatoms. The van der Waals surface area contributed by atoms with E-state index >= 15 is 0 Å². The lowest BCUT2D eigenvalue weighted by atomic mass is 10.1. The Bertz CT molecular complexity index is 634. The van der Waals surface area contributed by atoms with E-state index < -0.39 is 12.0 Å². The lowest BCUT2D eigenvalue weighted by Crippen LogP contribution is -2.20. The number of aryl methyl sites for hydroxylation is 2. The number of hydrogen-bond acceptors (Lipinski definition) is 5. The van der Waals surface area contributed by atoms with Gasteiger partial charge in [-0.3, -0.25) is 4.79 Å². The summed E-state index contributed by atoms with van der Waals surface area (Å²) in [5, 5.41) is 14.3. The molecular weight excluding hydrogens is 342 g/mol. The molecule has 4 N–H and O–H groups in total. The van der Waals surface area contributed by atoms with E-state index in [1.165, 1.54) is 11.3 Å². The molecular formula is C13H14BrN3O2S. The number of thiazole rings is 1. The lowest BCUT2D eigenvalue weighted by Gasteiger charge is -2.08. The Kier molecular flexibility index (Phi) is 4.42. The van der Waals surface area contributed by atoms with Crippen LogP contribution in [0.25, 0.3) is 0 Å². The van der Waals surface area contributed by atoms with Crippen LogP contribution in [-0.2, 0) is 4.79 Å². The van der Waals surface area contributed by atoms with Gasteiger partial charge in [-0.2, -0.15) is 0 Å². The third kappa shape index (κ3) is 3.17. The van der Waals surface area contributed by atoms with Gasteiger partial charge in [0, 0.05) is 15.5 Å². The number of nitrogens with zero attached hydrogens (tertiary/aromatic N) is 1. The fraction of sp³-hybridized carbons (Fsp3) is 0.231. The van der Waals surface area contributed by atoms with Crippen molar-refractivity contribution in [2.75, 3.05) is 5.32 Å². The maximum absolute atomic E-state index is 10.8. The summed E-state index contributed by atoms with van der Waals surface area (Å²) in [6.45, 7) is 4.02. The molecule has 2 aromatic rings. The predicted molar refractivity (Wildman–Crippen MR) is 83.6 cm³/mol. The minimum absolute atomic E-state index is 0.357. The van der Waals surface area contributed by atoms with Gasteiger partial charge in [0.25, 0.3) is 0 Å². The Morgan fingerprint density at radius 3 is 2.60 bits per heavy atom. The van der Waals surface area contributed by atoms with Crippen LogP contribution in [0.4, 0.5) is 10.8 Å². The normalized spacial score (nSPS) is 12.2. The van der Waals surface area contributed by atoms with Gasteiger partial charge in [0.1, 0.15) is 6.04 Å². The molecule has 0 fully saturated rings. The van der Waals surface area contributed by atoms with Gasteiger partial charge in [-0.05, 0) is 37.1 Å². The zero-order chi connectivity index (χ0) is 14.9. The smallest absolute Gasteiger partial charge is 0.326 e. The second-order valence-electron chi connectivity index (χ2n) is 4.44. The summed E-state index contributed by atoms with van der Waals surface area (Å²) in [4.78, 5) is 15.0. The molecule has 0 spiro atoms. The molecule has 0 amide bonds. The summed E-state index contributed by atoms with van der Waals surface area (Å²) < 4.78 is 1.08. The first kappa shape index (κ1) is 15.0. The van der Waals surface area contributed by atoms with E-state index in [9.17, 15) is 4.79 Å². The van der Waals surface area contributed by atoms with Gasteiger partial charge in [0.05, 0.1) is 5.69 Å². The first-order valence-electron chi connectivity index (χ1n) is 5.86. The van der Waals surface area contributed by atoms with Crippen LogP contribution in [0.2, 0.25) is 0 Å². The molecule has 0 aliphatic carbocycles. The Balaban J connectivity index is 2.21. The Morgan fingerprint density at radius 1 is 1.45 bits per heavy atom. The Labute approximate surface area is 129 Å².